The number of hydrogen-bond acceptors (Lipinski definition) is 1. The molecule has 0 unspecified atom stereocenters. The van der Waals surface area contributed by atoms with Crippen molar-refractivity contribution in [2.75, 3.05) is 7.11 Å². The molecule has 41 valence electrons. The Balaban J connectivity index is 3.38. The fraction of sp³-hybridized carbons (Fsp3) is 0.667. The number of hydrogen-bond donors (Lipinski definition) is 0. The molecule has 0 N–H and O–H groups in total. The Kier molecular flexibility index (Phi) is 3.48. The quantitative estimate of drug-likeness (QED) is 0.381. The molecule has 0 aromatic carbocycles. The summed E-state index contributed by atoms with van der Waals surface area (Å²) in [6, 6.07) is 0. The second kappa shape index (κ2) is 3.72. The van der Waals surface area contributed by atoms with E-state index in [4.69, 9.17) is 4.74 Å². The molecule has 1 radical (unpaired) electrons. The molecule has 0 saturated heterocycles. The molecule has 7 heavy (non-hydrogen) atoms. The largest absolute Gasteiger partial charge is 0.314 e. The van der Waals surface area contributed by atoms with Gasteiger partial charge < -0.3 is 0 Å². The monoisotopic (exact) mass is 100 g/mol. The van der Waals surface area contributed by atoms with Gasteiger partial charge in [-0.1, -0.05) is 6.92 Å². The molecule has 0 bridgehead atoms. The fourth-order valence-corrected chi connectivity index (χ4v) is 0.466. The van der Waals surface area contributed by atoms with Crippen molar-refractivity contribution in [3.05, 3.63) is 11.8 Å². The third kappa shape index (κ3) is 2.26. The molecule has 0 saturated carbocycles. The predicted molar refractivity (Wildman–Crippen MR) is 31.1 cm³/mol. The summed E-state index contributed by atoms with van der Waals surface area (Å²) in [5.41, 5.74) is 0. The molecule has 0 aliphatic heterocycles. The molecule has 0 amide bonds. The highest BCUT2D eigenvalue weighted by molar-refractivity contribution is 4.87. The van der Waals surface area contributed by atoms with Crippen LogP contribution in [0, 0.1) is 0 Å². The van der Waals surface area contributed by atoms with E-state index in [0.717, 1.165) is 12.2 Å². The molecule has 1 nitrogen and oxygen atoms in total. The second-order valence-corrected chi connectivity index (χ2v) is 1.31. The maximum Gasteiger partial charge on any atom is 0.314 e. The maximum absolute atomic E-state index is 4.91. The van der Waals surface area contributed by atoms with E-state index >= 15 is 0 Å². The number of ether oxygens (including phenoxy) is 1. The van der Waals surface area contributed by atoms with E-state index in [9.17, 15) is 0 Å². The van der Waals surface area contributed by atoms with Crippen LogP contribution in [0.1, 0.15) is 20.3 Å². The Hall–Kier alpha value is -0.460. The zero-order valence-electron chi connectivity index (χ0n) is 5.19. The van der Waals surface area contributed by atoms with Crippen LogP contribution in [0.3, 0.4) is 0 Å². The van der Waals surface area contributed by atoms with Crippen LogP contribution >= 0.6 is 0 Å². The standard InChI is InChI=1S/C6H12O/c1-4-6(5-2)7-3/h4H,5H2,1-3H3/q+1. The first-order chi connectivity index (χ1) is 3.35. The molecule has 0 atom stereocenters. The summed E-state index contributed by atoms with van der Waals surface area (Å²) in [7, 11) is 1.69. The van der Waals surface area contributed by atoms with Crippen molar-refractivity contribution in [3.8, 4) is 0 Å². The van der Waals surface area contributed by atoms with Gasteiger partial charge >= 0.3 is 5.76 Å². The van der Waals surface area contributed by atoms with Crippen LogP contribution in [0.25, 0.3) is 0 Å². The Morgan fingerprint density at radius 2 is 2.29 bits per heavy atom. The minimum absolute atomic E-state index is 0.993. The van der Waals surface area contributed by atoms with Crippen molar-refractivity contribution < 1.29 is 4.74 Å². The molecule has 0 rings (SSSR count). The first-order valence-electron chi connectivity index (χ1n) is 2.54. The van der Waals surface area contributed by atoms with Gasteiger partial charge in [0.2, 0.25) is 0 Å². The minimum Gasteiger partial charge on any atom is -0.263 e. The van der Waals surface area contributed by atoms with Gasteiger partial charge in [-0.2, -0.15) is 0 Å². The van der Waals surface area contributed by atoms with Gasteiger partial charge in [-0.05, 0) is 6.92 Å². The summed E-state index contributed by atoms with van der Waals surface area (Å²) < 4.78 is 4.91. The van der Waals surface area contributed by atoms with Crippen LogP contribution in [0.4, 0.5) is 0 Å². The van der Waals surface area contributed by atoms with Crippen LogP contribution in [0.15, 0.2) is 11.8 Å². The summed E-state index contributed by atoms with van der Waals surface area (Å²) in [4.78, 5) is 0. The van der Waals surface area contributed by atoms with E-state index < -0.39 is 0 Å². The molecule has 0 fully saturated rings. The summed E-state index contributed by atoms with van der Waals surface area (Å²) in [6.45, 7) is 4.04. The van der Waals surface area contributed by atoms with Crippen molar-refractivity contribution in [1.82, 2.24) is 0 Å². The Bertz CT molecular complexity index is 58.6. The molecular formula is C6H12O+. The molecule has 1 heteroatoms. The SMILES string of the molecule is CC=C(CC)[O+]C. The number of allylic oxidation sites excluding steroid dienone is 2. The van der Waals surface area contributed by atoms with Gasteiger partial charge in [-0.25, -0.2) is 0 Å². The normalized spacial score (nSPS) is 11.6. The Morgan fingerprint density at radius 1 is 1.71 bits per heavy atom. The van der Waals surface area contributed by atoms with Crippen LogP contribution in [0.2, 0.25) is 0 Å². The van der Waals surface area contributed by atoms with Crippen LogP contribution in [-0.4, -0.2) is 7.11 Å². The van der Waals surface area contributed by atoms with E-state index in [-0.39, 0.29) is 0 Å². The molecule has 0 aromatic rings. The highest BCUT2D eigenvalue weighted by Gasteiger charge is 1.97. The average molecular weight is 100 g/mol. The highest BCUT2D eigenvalue weighted by atomic mass is 16.5. The fourth-order valence-electron chi connectivity index (χ4n) is 0.466. The van der Waals surface area contributed by atoms with Gasteiger partial charge in [-0.3, -0.25) is 4.74 Å². The Morgan fingerprint density at radius 3 is 2.29 bits per heavy atom. The zero-order chi connectivity index (χ0) is 5.70. The predicted octanol–water partition coefficient (Wildman–Crippen LogP) is 1.95. The number of methoxy groups -OCH3 is 1. The van der Waals surface area contributed by atoms with Crippen molar-refractivity contribution in [2.24, 2.45) is 0 Å². The molecule has 0 heterocycles. The maximum atomic E-state index is 4.91. The first-order valence-corrected chi connectivity index (χ1v) is 2.54. The van der Waals surface area contributed by atoms with Crippen molar-refractivity contribution >= 4 is 0 Å². The zero-order valence-corrected chi connectivity index (χ0v) is 5.19. The van der Waals surface area contributed by atoms with Gasteiger partial charge in [0, 0.05) is 6.08 Å². The number of rotatable bonds is 2. The smallest absolute Gasteiger partial charge is 0.263 e. The van der Waals surface area contributed by atoms with E-state index in [1.807, 2.05) is 13.0 Å². The van der Waals surface area contributed by atoms with Crippen molar-refractivity contribution in [1.29, 1.82) is 0 Å². The lowest BCUT2D eigenvalue weighted by atomic mass is 10.4. The van der Waals surface area contributed by atoms with E-state index in [1.54, 1.807) is 7.11 Å². The van der Waals surface area contributed by atoms with Gasteiger partial charge in [0.1, 0.15) is 0 Å². The lowest BCUT2D eigenvalue weighted by Crippen LogP contribution is -1.80. The second-order valence-electron chi connectivity index (χ2n) is 1.31. The van der Waals surface area contributed by atoms with Crippen LogP contribution < -0.4 is 0 Å². The third-order valence-corrected chi connectivity index (χ3v) is 0.933. The molecular weight excluding hydrogens is 88.1 g/mol. The molecule has 0 aromatic heterocycles. The van der Waals surface area contributed by atoms with E-state index in [1.165, 1.54) is 0 Å². The molecule has 0 aliphatic rings. The summed E-state index contributed by atoms with van der Waals surface area (Å²) in [6.07, 6.45) is 2.97. The summed E-state index contributed by atoms with van der Waals surface area (Å²) >= 11 is 0. The van der Waals surface area contributed by atoms with E-state index in [0.29, 0.717) is 0 Å². The summed E-state index contributed by atoms with van der Waals surface area (Å²) in [5.74, 6) is 1.06. The van der Waals surface area contributed by atoms with Crippen LogP contribution in [-0.2, 0) is 4.74 Å². The topological polar surface area (TPSA) is 11.3 Å². The van der Waals surface area contributed by atoms with Gasteiger partial charge in [0.15, 0.2) is 0 Å². The Labute approximate surface area is 45.0 Å². The summed E-state index contributed by atoms with van der Waals surface area (Å²) in [5, 5.41) is 0. The highest BCUT2D eigenvalue weighted by Crippen LogP contribution is 1.97. The lowest BCUT2D eigenvalue weighted by molar-refractivity contribution is 0.280. The molecule has 0 aliphatic carbocycles. The first kappa shape index (κ1) is 6.54. The van der Waals surface area contributed by atoms with Gasteiger partial charge in [-0.15, -0.1) is 0 Å². The van der Waals surface area contributed by atoms with Crippen molar-refractivity contribution in [3.63, 3.8) is 0 Å². The van der Waals surface area contributed by atoms with Crippen molar-refractivity contribution in [2.45, 2.75) is 20.3 Å². The van der Waals surface area contributed by atoms with E-state index in [2.05, 4.69) is 6.92 Å². The lowest BCUT2D eigenvalue weighted by Gasteiger charge is -1.80. The third-order valence-electron chi connectivity index (χ3n) is 0.933. The van der Waals surface area contributed by atoms with Gasteiger partial charge in [0.05, 0.1) is 6.42 Å². The minimum atomic E-state index is 0.993. The van der Waals surface area contributed by atoms with Crippen LogP contribution in [0.5, 0.6) is 0 Å². The average Bonchev–Trinajstić information content (AvgIpc) is 1.72. The molecule has 0 spiro atoms. The van der Waals surface area contributed by atoms with Gasteiger partial charge in [0.25, 0.3) is 7.11 Å².